The van der Waals surface area contributed by atoms with Crippen molar-refractivity contribution in [1.82, 2.24) is 9.80 Å². The maximum Gasteiger partial charge on any atom is 0.306 e. The summed E-state index contributed by atoms with van der Waals surface area (Å²) in [5.74, 6) is 1.53. The lowest BCUT2D eigenvalue weighted by Gasteiger charge is -2.23. The Morgan fingerprint density at radius 3 is 1.44 bits per heavy atom. The summed E-state index contributed by atoms with van der Waals surface area (Å²) < 4.78 is 10.6. The molecule has 0 rings (SSSR count). The Morgan fingerprint density at radius 2 is 0.979 bits per heavy atom. The number of allylic oxidation sites excluding steroid dienone is 2. The van der Waals surface area contributed by atoms with E-state index in [9.17, 15) is 14.4 Å². The number of unbranched alkanes of at least 4 members (excludes halogenated alkanes) is 16. The monoisotopic (exact) mass is 695 g/mol. The van der Waals surface area contributed by atoms with Gasteiger partial charge in [-0.05, 0) is 65.5 Å². The van der Waals surface area contributed by atoms with Gasteiger partial charge in [-0.15, -0.1) is 0 Å². The summed E-state index contributed by atoms with van der Waals surface area (Å²) in [6, 6.07) is 0. The van der Waals surface area contributed by atoms with Gasteiger partial charge in [-0.3, -0.25) is 14.4 Å². The van der Waals surface area contributed by atoms with Gasteiger partial charge in [0, 0.05) is 38.2 Å². The molecule has 0 aromatic heterocycles. The Kier molecular flexibility index (Phi) is 35.1. The van der Waals surface area contributed by atoms with Crippen LogP contribution < -0.4 is 0 Å². The second kappa shape index (κ2) is 36.5. The van der Waals surface area contributed by atoms with Gasteiger partial charge in [0.25, 0.3) is 0 Å². The average Bonchev–Trinajstić information content (AvgIpc) is 3.07. The fourth-order valence-corrected chi connectivity index (χ4v) is 6.24. The van der Waals surface area contributed by atoms with Crippen LogP contribution in [-0.4, -0.2) is 86.1 Å². The standard InChI is InChI=1S/C40H74N2O5S/c1-5-7-9-11-13-21-27-34-46-39(44)29-23-17-15-19-25-31-42(38(43)37-48-36-33-41(3)4)32-26-20-16-18-24-30-40(45)47-35-28-22-14-12-10-8-6-2/h21-22,27-28H,5-20,23-26,29-37H2,1-4H3/b27-21+,28-22+. The maximum absolute atomic E-state index is 13.0. The predicted molar refractivity (Wildman–Crippen MR) is 206 cm³/mol. The molecule has 0 radical (unpaired) electrons. The molecule has 0 N–H and O–H groups in total. The number of ether oxygens (including phenoxy) is 2. The number of thioether (sulfide) groups is 1. The Labute approximate surface area is 300 Å². The third-order valence-corrected chi connectivity index (χ3v) is 9.26. The molecule has 0 unspecified atom stereocenters. The molecule has 0 aliphatic rings. The van der Waals surface area contributed by atoms with Gasteiger partial charge < -0.3 is 19.3 Å². The molecule has 0 spiro atoms. The first-order valence-corrected chi connectivity index (χ1v) is 20.7. The van der Waals surface area contributed by atoms with E-state index in [2.05, 4.69) is 49.9 Å². The van der Waals surface area contributed by atoms with E-state index >= 15 is 0 Å². The van der Waals surface area contributed by atoms with Gasteiger partial charge in [0.1, 0.15) is 13.2 Å². The lowest BCUT2D eigenvalue weighted by molar-refractivity contribution is -0.143. The second-order valence-electron chi connectivity index (χ2n) is 13.3. The highest BCUT2D eigenvalue weighted by atomic mass is 32.2. The Balaban J connectivity index is 4.12. The van der Waals surface area contributed by atoms with Crippen LogP contribution in [0.25, 0.3) is 0 Å². The first kappa shape index (κ1) is 46.2. The third kappa shape index (κ3) is 34.1. The molecule has 0 atom stereocenters. The van der Waals surface area contributed by atoms with Crippen molar-refractivity contribution < 1.29 is 23.9 Å². The molecule has 0 saturated carbocycles. The van der Waals surface area contributed by atoms with Gasteiger partial charge in [0.15, 0.2) is 0 Å². The van der Waals surface area contributed by atoms with E-state index in [1.54, 1.807) is 11.8 Å². The van der Waals surface area contributed by atoms with E-state index < -0.39 is 0 Å². The molecule has 280 valence electrons. The van der Waals surface area contributed by atoms with Crippen LogP contribution in [0.2, 0.25) is 0 Å². The van der Waals surface area contributed by atoms with Crippen LogP contribution in [0.3, 0.4) is 0 Å². The van der Waals surface area contributed by atoms with E-state index in [1.165, 1.54) is 51.4 Å². The highest BCUT2D eigenvalue weighted by Crippen LogP contribution is 2.12. The number of esters is 2. The lowest BCUT2D eigenvalue weighted by atomic mass is 10.1. The molecule has 8 heteroatoms. The zero-order valence-electron chi connectivity index (χ0n) is 31.7. The van der Waals surface area contributed by atoms with E-state index in [4.69, 9.17) is 9.47 Å². The normalized spacial score (nSPS) is 11.6. The molecule has 0 aliphatic carbocycles. The SMILES string of the molecule is CCCCCC/C=C/COC(=O)CCCCCCCN(CCCCCCCC(=O)OC/C=C/CCCCCC)C(=O)CSCCN(C)C. The Bertz CT molecular complexity index is 765. The summed E-state index contributed by atoms with van der Waals surface area (Å²) in [6.07, 6.45) is 31.3. The van der Waals surface area contributed by atoms with Gasteiger partial charge in [0.05, 0.1) is 5.75 Å². The molecule has 0 fully saturated rings. The molecule has 7 nitrogen and oxygen atoms in total. The number of carbonyl (C=O) groups excluding carboxylic acids is 3. The fourth-order valence-electron chi connectivity index (χ4n) is 5.24. The van der Waals surface area contributed by atoms with E-state index in [0.717, 1.165) is 102 Å². The summed E-state index contributed by atoms with van der Waals surface area (Å²) in [4.78, 5) is 41.2. The van der Waals surface area contributed by atoms with Gasteiger partial charge >= 0.3 is 11.9 Å². The molecule has 0 saturated heterocycles. The highest BCUT2D eigenvalue weighted by molar-refractivity contribution is 7.99. The molecular weight excluding hydrogens is 621 g/mol. The zero-order valence-corrected chi connectivity index (χ0v) is 32.5. The van der Waals surface area contributed by atoms with Gasteiger partial charge in [-0.2, -0.15) is 11.8 Å². The smallest absolute Gasteiger partial charge is 0.306 e. The largest absolute Gasteiger partial charge is 0.461 e. The molecule has 0 aliphatic heterocycles. The van der Waals surface area contributed by atoms with Crippen molar-refractivity contribution in [1.29, 1.82) is 0 Å². The average molecular weight is 695 g/mol. The van der Waals surface area contributed by atoms with Crippen LogP contribution in [0.4, 0.5) is 0 Å². The van der Waals surface area contributed by atoms with Crippen LogP contribution in [0.15, 0.2) is 24.3 Å². The van der Waals surface area contributed by atoms with Crippen molar-refractivity contribution >= 4 is 29.6 Å². The van der Waals surface area contributed by atoms with Crippen molar-refractivity contribution in [3.8, 4) is 0 Å². The molecule has 0 bridgehead atoms. The van der Waals surface area contributed by atoms with Crippen LogP contribution in [0, 0.1) is 0 Å². The number of amides is 1. The topological polar surface area (TPSA) is 76.1 Å². The first-order valence-electron chi connectivity index (χ1n) is 19.5. The summed E-state index contributed by atoms with van der Waals surface area (Å²) in [6.45, 7) is 7.79. The van der Waals surface area contributed by atoms with Gasteiger partial charge in [0.2, 0.25) is 5.91 Å². The van der Waals surface area contributed by atoms with E-state index in [-0.39, 0.29) is 17.8 Å². The summed E-state index contributed by atoms with van der Waals surface area (Å²) in [7, 11) is 4.12. The van der Waals surface area contributed by atoms with Crippen molar-refractivity contribution in [2.75, 3.05) is 58.4 Å². The van der Waals surface area contributed by atoms with E-state index in [1.807, 2.05) is 12.2 Å². The Hall–Kier alpha value is -1.80. The molecule has 0 aromatic rings. The maximum atomic E-state index is 13.0. The molecule has 1 amide bonds. The van der Waals surface area contributed by atoms with Gasteiger partial charge in [-0.25, -0.2) is 0 Å². The lowest BCUT2D eigenvalue weighted by Crippen LogP contribution is -2.34. The highest BCUT2D eigenvalue weighted by Gasteiger charge is 2.13. The molecule has 0 aromatic carbocycles. The number of nitrogens with zero attached hydrogens (tertiary/aromatic N) is 2. The number of hydrogen-bond acceptors (Lipinski definition) is 7. The number of hydrogen-bond donors (Lipinski definition) is 0. The van der Waals surface area contributed by atoms with Crippen LogP contribution in [-0.2, 0) is 23.9 Å². The van der Waals surface area contributed by atoms with E-state index in [0.29, 0.717) is 31.8 Å². The minimum absolute atomic E-state index is 0.106. The number of carbonyl (C=O) groups is 3. The van der Waals surface area contributed by atoms with Crippen LogP contribution in [0.5, 0.6) is 0 Å². The third-order valence-electron chi connectivity index (χ3n) is 8.34. The number of rotatable bonds is 35. The Morgan fingerprint density at radius 1 is 0.542 bits per heavy atom. The minimum Gasteiger partial charge on any atom is -0.461 e. The summed E-state index contributed by atoms with van der Waals surface area (Å²) >= 11 is 1.72. The van der Waals surface area contributed by atoms with Crippen molar-refractivity contribution in [2.24, 2.45) is 0 Å². The van der Waals surface area contributed by atoms with Crippen LogP contribution in [0.1, 0.15) is 155 Å². The zero-order chi connectivity index (χ0) is 35.3. The van der Waals surface area contributed by atoms with Crippen molar-refractivity contribution in [3.63, 3.8) is 0 Å². The van der Waals surface area contributed by atoms with Crippen molar-refractivity contribution in [3.05, 3.63) is 24.3 Å². The van der Waals surface area contributed by atoms with Gasteiger partial charge in [-0.1, -0.05) is 115 Å². The fraction of sp³-hybridized carbons (Fsp3) is 0.825. The van der Waals surface area contributed by atoms with Crippen LogP contribution >= 0.6 is 11.8 Å². The quantitative estimate of drug-likeness (QED) is 0.0371. The molecule has 0 heterocycles. The molecular formula is C40H74N2O5S. The first-order chi connectivity index (χ1) is 23.4. The second-order valence-corrected chi connectivity index (χ2v) is 14.4. The summed E-state index contributed by atoms with van der Waals surface area (Å²) in [5.41, 5.74) is 0. The predicted octanol–water partition coefficient (Wildman–Crippen LogP) is 9.93. The van der Waals surface area contributed by atoms with Crippen molar-refractivity contribution in [2.45, 2.75) is 155 Å². The molecule has 48 heavy (non-hydrogen) atoms. The summed E-state index contributed by atoms with van der Waals surface area (Å²) in [5, 5.41) is 0. The minimum atomic E-state index is -0.106.